The molecule has 0 fully saturated rings. The summed E-state index contributed by atoms with van der Waals surface area (Å²) in [5.74, 6) is 1.19. The van der Waals surface area contributed by atoms with Gasteiger partial charge in [-0.05, 0) is 90.5 Å². The zero-order valence-corrected chi connectivity index (χ0v) is 54.8. The molecule has 0 saturated carbocycles. The van der Waals surface area contributed by atoms with Crippen molar-refractivity contribution < 1.29 is 26.5 Å². The number of furan rings is 6. The van der Waals surface area contributed by atoms with Gasteiger partial charge in [-0.2, -0.15) is 0 Å². The molecule has 0 spiro atoms. The minimum atomic E-state index is 0.589. The Morgan fingerprint density at radius 2 is 0.635 bits per heavy atom. The quantitative estimate of drug-likeness (QED) is 0.151. The highest BCUT2D eigenvalue weighted by Crippen LogP contribution is 2.50. The Balaban J connectivity index is 0.717. The maximum Gasteiger partial charge on any atom is 0.180 e. The first-order valence-electron chi connectivity index (χ1n) is 34.7. The predicted octanol–water partition coefficient (Wildman–Crippen LogP) is 25.2. The lowest BCUT2D eigenvalue weighted by atomic mass is 9.99. The third-order valence-electron chi connectivity index (χ3n) is 21.3. The van der Waals surface area contributed by atoms with Crippen LogP contribution in [-0.4, -0.2) is 29.1 Å². The fourth-order valence-electron chi connectivity index (χ4n) is 16.9. The van der Waals surface area contributed by atoms with Crippen LogP contribution in [0, 0.1) is 0 Å². The molecule has 0 bridgehead atoms. The first kappa shape index (κ1) is 55.5. The smallest absolute Gasteiger partial charge is 0.180 e. The molecule has 0 saturated heterocycles. The molecule has 0 aliphatic carbocycles. The number of benzene rings is 14. The third-order valence-corrected chi connectivity index (χ3v) is 21.3. The van der Waals surface area contributed by atoms with Crippen LogP contribution >= 0.6 is 0 Å². The minimum Gasteiger partial charge on any atom is -0.456 e. The monoisotopic (exact) mass is 1330 g/mol. The van der Waals surface area contributed by atoms with Gasteiger partial charge < -0.3 is 35.6 Å². The molecule has 0 aliphatic rings. The Labute approximate surface area is 586 Å². The van der Waals surface area contributed by atoms with E-state index in [1.807, 2.05) is 109 Å². The van der Waals surface area contributed by atoms with E-state index in [2.05, 4.69) is 191 Å². The van der Waals surface area contributed by atoms with Crippen molar-refractivity contribution in [3.63, 3.8) is 0 Å². The van der Waals surface area contributed by atoms with Crippen molar-refractivity contribution in [2.45, 2.75) is 0 Å². The van der Waals surface area contributed by atoms with Crippen LogP contribution in [0.4, 0.5) is 0 Å². The summed E-state index contributed by atoms with van der Waals surface area (Å²) in [6.45, 7) is 0. The number of fused-ring (bicyclic) bond motifs is 24. The molecule has 14 aromatic carbocycles. The largest absolute Gasteiger partial charge is 0.456 e. The standard InChI is InChI=1S/C92H48N6O6/c1-3-21-49(22-4-1)91-93-84(58-31-18-40-74-80(58)55-27-9-14-37-71(55)99-74)89-86(95-91)63-45-61-53-25-7-13-35-66(53)98(69(61)48-78(63)104-89)70-43-51(44-79-82(70)57-29-11-16-39-73(57)101-79)52-30-17-33-60-83-67(36-20-42-76(83)102-88(52)60)97-65-34-12-8-26-54(65)62-47-77-64(46-68(62)97)87-90(103-77)85(94-92(96-87)50-23-5-2-6-24-50)59-32-19-41-75-81(59)56-28-10-15-38-72(56)100-75/h1-48H. The number of hydrogen-bond acceptors (Lipinski definition) is 10. The van der Waals surface area contributed by atoms with E-state index in [9.17, 15) is 0 Å². The lowest BCUT2D eigenvalue weighted by Gasteiger charge is -2.13. The normalized spacial score (nSPS) is 12.4. The van der Waals surface area contributed by atoms with Gasteiger partial charge in [-0.15, -0.1) is 0 Å². The molecule has 0 unspecified atom stereocenters. The van der Waals surface area contributed by atoms with Gasteiger partial charge in [0.15, 0.2) is 22.8 Å². The van der Waals surface area contributed by atoms with Crippen LogP contribution in [0.25, 0.3) is 243 Å². The fourth-order valence-corrected chi connectivity index (χ4v) is 16.9. The average molecular weight is 1330 g/mol. The van der Waals surface area contributed by atoms with Crippen LogP contribution in [0.1, 0.15) is 0 Å². The van der Waals surface area contributed by atoms with E-state index in [0.717, 1.165) is 192 Å². The molecule has 482 valence electrons. The molecule has 0 atom stereocenters. The SMILES string of the molecule is c1ccc(-c2nc(-c3cccc4oc5ccccc5c34)c3oc4cc5c(cc4c3n2)c2ccccc2n5-c2cc(-c3cccc4c3oc3cccc(-n5c6ccccc6c6cc7oc8c(-c9cccc%10oc%11ccccc%11c9%10)nc(-c9ccccc9)nc8c7cc65)c34)cc3oc4ccccc4c23)cc1. The van der Waals surface area contributed by atoms with Crippen molar-refractivity contribution in [3.05, 3.63) is 291 Å². The lowest BCUT2D eigenvalue weighted by Crippen LogP contribution is -1.96. The van der Waals surface area contributed by atoms with Gasteiger partial charge in [0.05, 0.1) is 44.2 Å². The van der Waals surface area contributed by atoms with Crippen molar-refractivity contribution in [2.75, 3.05) is 0 Å². The van der Waals surface area contributed by atoms with Crippen LogP contribution in [0.5, 0.6) is 0 Å². The molecule has 0 radical (unpaired) electrons. The second kappa shape index (κ2) is 20.6. The van der Waals surface area contributed by atoms with Gasteiger partial charge in [0.2, 0.25) is 0 Å². The number of para-hydroxylation sites is 6. The molecule has 0 N–H and O–H groups in total. The summed E-state index contributed by atoms with van der Waals surface area (Å²) in [6, 6.07) is 101. The van der Waals surface area contributed by atoms with Crippen molar-refractivity contribution in [2.24, 2.45) is 0 Å². The van der Waals surface area contributed by atoms with Gasteiger partial charge >= 0.3 is 0 Å². The summed E-state index contributed by atoms with van der Waals surface area (Å²) in [7, 11) is 0. The van der Waals surface area contributed by atoms with E-state index >= 15 is 0 Å². The molecule has 10 heterocycles. The van der Waals surface area contributed by atoms with Gasteiger partial charge in [0.1, 0.15) is 78.3 Å². The van der Waals surface area contributed by atoms with Crippen LogP contribution in [0.15, 0.2) is 318 Å². The first-order valence-corrected chi connectivity index (χ1v) is 34.7. The Morgan fingerprint density at radius 3 is 1.24 bits per heavy atom. The summed E-state index contributed by atoms with van der Waals surface area (Å²) in [5, 5.41) is 13.8. The molecular formula is C92H48N6O6. The van der Waals surface area contributed by atoms with E-state index in [1.165, 1.54) is 0 Å². The maximum atomic E-state index is 7.30. The highest BCUT2D eigenvalue weighted by Gasteiger charge is 2.29. The highest BCUT2D eigenvalue weighted by molar-refractivity contribution is 6.25. The molecule has 12 nitrogen and oxygen atoms in total. The fraction of sp³-hybridized carbons (Fsp3) is 0. The van der Waals surface area contributed by atoms with Crippen LogP contribution < -0.4 is 0 Å². The summed E-state index contributed by atoms with van der Waals surface area (Å²) < 4.78 is 46.3. The topological polar surface area (TPSA) is 140 Å². The van der Waals surface area contributed by atoms with Crippen molar-refractivity contribution in [1.29, 1.82) is 0 Å². The molecule has 0 amide bonds. The summed E-state index contributed by atoms with van der Waals surface area (Å²) in [6.07, 6.45) is 0. The average Bonchev–Trinajstić information content (AvgIpc) is 1.55. The highest BCUT2D eigenvalue weighted by atomic mass is 16.4. The Bertz CT molecular complexity index is 7870. The zero-order chi connectivity index (χ0) is 67.6. The summed E-state index contributed by atoms with van der Waals surface area (Å²) >= 11 is 0. The van der Waals surface area contributed by atoms with E-state index in [0.29, 0.717) is 50.9 Å². The third kappa shape index (κ3) is 7.68. The van der Waals surface area contributed by atoms with E-state index in [-0.39, 0.29) is 0 Å². The second-order valence-electron chi connectivity index (χ2n) is 27.0. The molecule has 12 heteroatoms. The summed E-state index contributed by atoms with van der Waals surface area (Å²) in [5.41, 5.74) is 22.8. The molecule has 10 aromatic heterocycles. The molecule has 24 aromatic rings. The molecule has 24 rings (SSSR count). The zero-order valence-electron chi connectivity index (χ0n) is 54.8. The summed E-state index contributed by atoms with van der Waals surface area (Å²) in [4.78, 5) is 21.5. The van der Waals surface area contributed by atoms with E-state index in [1.54, 1.807) is 0 Å². The second-order valence-corrected chi connectivity index (χ2v) is 27.0. The van der Waals surface area contributed by atoms with Gasteiger partial charge in [-0.1, -0.05) is 200 Å². The Hall–Kier alpha value is -14.4. The van der Waals surface area contributed by atoms with Gasteiger partial charge in [0.25, 0.3) is 0 Å². The van der Waals surface area contributed by atoms with E-state index < -0.39 is 0 Å². The number of rotatable bonds is 7. The van der Waals surface area contributed by atoms with Crippen LogP contribution in [-0.2, 0) is 0 Å². The lowest BCUT2D eigenvalue weighted by molar-refractivity contribution is 0.666. The number of hydrogen-bond donors (Lipinski definition) is 0. The van der Waals surface area contributed by atoms with Gasteiger partial charge in [0, 0.05) is 98.5 Å². The van der Waals surface area contributed by atoms with Crippen LogP contribution in [0.2, 0.25) is 0 Å². The predicted molar refractivity (Wildman–Crippen MR) is 417 cm³/mol. The Morgan fingerprint density at radius 1 is 0.212 bits per heavy atom. The van der Waals surface area contributed by atoms with Crippen LogP contribution in [0.3, 0.4) is 0 Å². The minimum absolute atomic E-state index is 0.589. The maximum absolute atomic E-state index is 7.30. The first-order chi connectivity index (χ1) is 51.5. The van der Waals surface area contributed by atoms with Crippen molar-refractivity contribution in [3.8, 4) is 67.8 Å². The molecule has 104 heavy (non-hydrogen) atoms. The van der Waals surface area contributed by atoms with Gasteiger partial charge in [-0.3, -0.25) is 0 Å². The van der Waals surface area contributed by atoms with E-state index in [4.69, 9.17) is 46.4 Å². The van der Waals surface area contributed by atoms with Crippen molar-refractivity contribution in [1.82, 2.24) is 29.1 Å². The molecule has 0 aliphatic heterocycles. The van der Waals surface area contributed by atoms with Gasteiger partial charge in [-0.25, -0.2) is 19.9 Å². The van der Waals surface area contributed by atoms with Crippen molar-refractivity contribution >= 4 is 176 Å². The number of aromatic nitrogens is 6. The molecular weight excluding hydrogens is 1290 g/mol. The Kier molecular flexibility index (Phi) is 11.0. The number of nitrogens with zero attached hydrogens (tertiary/aromatic N) is 6.